The molecule has 0 saturated carbocycles. The number of nitrogens with one attached hydrogen (secondary N) is 1. The maximum Gasteiger partial charge on any atom is 0.337 e. The predicted octanol–water partition coefficient (Wildman–Crippen LogP) is 5.76. The van der Waals surface area contributed by atoms with E-state index >= 15 is 0 Å². The van der Waals surface area contributed by atoms with Crippen LogP contribution in [-0.4, -0.2) is 27.7 Å². The summed E-state index contributed by atoms with van der Waals surface area (Å²) in [5.74, 6) is -0.356. The summed E-state index contributed by atoms with van der Waals surface area (Å²) in [6, 6.07) is 23.8. The quantitative estimate of drug-likeness (QED) is 0.280. The van der Waals surface area contributed by atoms with Gasteiger partial charge in [-0.2, -0.15) is 0 Å². The van der Waals surface area contributed by atoms with Crippen LogP contribution in [0.15, 0.2) is 79.0 Å². The fraction of sp³-hybridized carbons (Fsp3) is 0.207. The zero-order valence-corrected chi connectivity index (χ0v) is 21.5. The van der Waals surface area contributed by atoms with Crippen molar-refractivity contribution in [2.75, 3.05) is 12.0 Å². The van der Waals surface area contributed by atoms with E-state index in [0.717, 1.165) is 34.0 Å². The van der Waals surface area contributed by atoms with Crippen LogP contribution in [0, 0.1) is 20.8 Å². The number of esters is 1. The maximum atomic E-state index is 12.2. The van der Waals surface area contributed by atoms with Crippen molar-refractivity contribution in [3.8, 4) is 5.69 Å². The Morgan fingerprint density at radius 2 is 1.75 bits per heavy atom. The first-order valence-corrected chi connectivity index (χ1v) is 12.2. The molecule has 0 unspecified atom stereocenters. The number of anilines is 1. The lowest BCUT2D eigenvalue weighted by molar-refractivity contribution is 0.0600. The van der Waals surface area contributed by atoms with Crippen LogP contribution < -0.4 is 10.2 Å². The number of carbonyl (C=O) groups is 1. The predicted molar refractivity (Wildman–Crippen MR) is 146 cm³/mol. The third-order valence-electron chi connectivity index (χ3n) is 6.72. The standard InChI is InChI=1S/C29H28N4O2S/c1-18-11-13-22(14-12-18)33-27(26(31-29(33)36)25-10-5-6-15-30-25)24-16-19(2)32(20(24)3)23-9-7-8-21(17-23)28(34)35-4/h5-17,26-27H,1-4H3,(H,31,36)/t26-,27+/m0/s1. The molecule has 0 spiro atoms. The number of thiocarbonyl (C=S) groups is 1. The molecule has 182 valence electrons. The van der Waals surface area contributed by atoms with Gasteiger partial charge >= 0.3 is 5.97 Å². The van der Waals surface area contributed by atoms with Gasteiger partial charge in [0.2, 0.25) is 0 Å². The minimum Gasteiger partial charge on any atom is -0.465 e. The zero-order valence-electron chi connectivity index (χ0n) is 20.7. The van der Waals surface area contributed by atoms with Crippen molar-refractivity contribution in [3.05, 3.63) is 113 Å². The smallest absolute Gasteiger partial charge is 0.337 e. The molecule has 2 atom stereocenters. The van der Waals surface area contributed by atoms with Gasteiger partial charge in [0.05, 0.1) is 30.5 Å². The molecule has 4 aromatic rings. The Bertz CT molecular complexity index is 1430. The average Bonchev–Trinajstić information content (AvgIpc) is 3.39. The molecule has 0 amide bonds. The van der Waals surface area contributed by atoms with Crippen molar-refractivity contribution in [2.45, 2.75) is 32.9 Å². The number of hydrogen-bond acceptors (Lipinski definition) is 4. The molecule has 2 aromatic heterocycles. The molecular weight excluding hydrogens is 468 g/mol. The van der Waals surface area contributed by atoms with Crippen molar-refractivity contribution in [2.24, 2.45) is 0 Å². The Labute approximate surface area is 216 Å². The van der Waals surface area contributed by atoms with Gasteiger partial charge in [0.15, 0.2) is 5.11 Å². The first kappa shape index (κ1) is 23.8. The average molecular weight is 497 g/mol. The van der Waals surface area contributed by atoms with Crippen LogP contribution in [0.5, 0.6) is 0 Å². The summed E-state index contributed by atoms with van der Waals surface area (Å²) in [7, 11) is 1.40. The Morgan fingerprint density at radius 1 is 0.972 bits per heavy atom. The highest BCUT2D eigenvalue weighted by Gasteiger charge is 2.42. The molecule has 36 heavy (non-hydrogen) atoms. The molecule has 1 fully saturated rings. The van der Waals surface area contributed by atoms with Crippen LogP contribution in [0.3, 0.4) is 0 Å². The van der Waals surface area contributed by atoms with E-state index < -0.39 is 0 Å². The van der Waals surface area contributed by atoms with Crippen LogP contribution in [0.25, 0.3) is 5.69 Å². The van der Waals surface area contributed by atoms with Crippen molar-refractivity contribution in [1.29, 1.82) is 0 Å². The number of aromatic nitrogens is 2. The van der Waals surface area contributed by atoms with E-state index in [1.54, 1.807) is 6.07 Å². The first-order chi connectivity index (χ1) is 17.4. The molecule has 2 aromatic carbocycles. The SMILES string of the molecule is COC(=O)c1cccc(-n2c(C)cc([C@@H]3[C@H](c4ccccn4)NC(=S)N3c3ccc(C)cc3)c2C)c1. The molecule has 5 rings (SSSR count). The fourth-order valence-electron chi connectivity index (χ4n) is 5.03. The first-order valence-electron chi connectivity index (χ1n) is 11.8. The lowest BCUT2D eigenvalue weighted by Crippen LogP contribution is -2.29. The third-order valence-corrected chi connectivity index (χ3v) is 7.04. The zero-order chi connectivity index (χ0) is 25.4. The monoisotopic (exact) mass is 496 g/mol. The molecule has 7 heteroatoms. The highest BCUT2D eigenvalue weighted by Crippen LogP contribution is 2.43. The van der Waals surface area contributed by atoms with E-state index in [1.807, 2.05) is 42.6 Å². The lowest BCUT2D eigenvalue weighted by atomic mass is 9.96. The van der Waals surface area contributed by atoms with Crippen LogP contribution in [0.2, 0.25) is 0 Å². The summed E-state index contributed by atoms with van der Waals surface area (Å²) < 4.78 is 7.11. The normalized spacial score (nSPS) is 17.2. The molecule has 3 heterocycles. The van der Waals surface area contributed by atoms with E-state index in [1.165, 1.54) is 12.7 Å². The van der Waals surface area contributed by atoms with E-state index in [9.17, 15) is 4.79 Å². The molecule has 1 aliphatic rings. The Hall–Kier alpha value is -3.97. The topological polar surface area (TPSA) is 59.4 Å². The van der Waals surface area contributed by atoms with Gasteiger partial charge in [0, 0.05) is 29.0 Å². The molecule has 1 N–H and O–H groups in total. The van der Waals surface area contributed by atoms with Gasteiger partial charge in [-0.1, -0.05) is 29.8 Å². The number of benzene rings is 2. The summed E-state index contributed by atoms with van der Waals surface area (Å²) in [6.45, 7) is 6.26. The Kier molecular flexibility index (Phi) is 6.33. The van der Waals surface area contributed by atoms with E-state index in [0.29, 0.717) is 10.7 Å². The van der Waals surface area contributed by atoms with E-state index in [4.69, 9.17) is 17.0 Å². The van der Waals surface area contributed by atoms with Gasteiger partial charge in [-0.3, -0.25) is 4.98 Å². The lowest BCUT2D eigenvalue weighted by Gasteiger charge is -2.28. The molecule has 0 radical (unpaired) electrons. The van der Waals surface area contributed by atoms with Crippen molar-refractivity contribution < 1.29 is 9.53 Å². The second-order valence-electron chi connectivity index (χ2n) is 9.04. The second kappa shape index (κ2) is 9.59. The second-order valence-corrected chi connectivity index (χ2v) is 9.42. The summed E-state index contributed by atoms with van der Waals surface area (Å²) in [6.07, 6.45) is 1.81. The van der Waals surface area contributed by atoms with Gasteiger partial charge < -0.3 is 19.5 Å². The van der Waals surface area contributed by atoms with Crippen molar-refractivity contribution in [3.63, 3.8) is 0 Å². The van der Waals surface area contributed by atoms with Crippen molar-refractivity contribution >= 4 is 29.0 Å². The Morgan fingerprint density at radius 3 is 2.44 bits per heavy atom. The summed E-state index contributed by atoms with van der Waals surface area (Å²) in [4.78, 5) is 19.0. The molecular formula is C29H28N4O2S. The van der Waals surface area contributed by atoms with Crippen LogP contribution in [0.1, 0.15) is 50.7 Å². The van der Waals surface area contributed by atoms with Gasteiger partial charge in [-0.25, -0.2) is 4.79 Å². The number of aryl methyl sites for hydroxylation is 2. The number of carbonyl (C=O) groups excluding carboxylic acids is 1. The van der Waals surface area contributed by atoms with Crippen LogP contribution in [0.4, 0.5) is 5.69 Å². The molecule has 0 bridgehead atoms. The number of pyridine rings is 1. The van der Waals surface area contributed by atoms with Crippen LogP contribution >= 0.6 is 12.2 Å². The number of rotatable bonds is 5. The fourth-order valence-corrected chi connectivity index (χ4v) is 5.37. The molecule has 1 saturated heterocycles. The van der Waals surface area contributed by atoms with Gasteiger partial charge in [0.1, 0.15) is 0 Å². The Balaban J connectivity index is 1.66. The van der Waals surface area contributed by atoms with Gasteiger partial charge in [-0.15, -0.1) is 0 Å². The minimum atomic E-state index is -0.356. The third kappa shape index (κ3) is 4.16. The van der Waals surface area contributed by atoms with Gasteiger partial charge in [0.25, 0.3) is 0 Å². The highest BCUT2D eigenvalue weighted by molar-refractivity contribution is 7.80. The number of nitrogens with zero attached hydrogens (tertiary/aromatic N) is 3. The summed E-state index contributed by atoms with van der Waals surface area (Å²) in [5, 5.41) is 4.20. The largest absolute Gasteiger partial charge is 0.465 e. The minimum absolute atomic E-state index is 0.112. The maximum absolute atomic E-state index is 12.2. The number of ether oxygens (including phenoxy) is 1. The highest BCUT2D eigenvalue weighted by atomic mass is 32.1. The molecule has 6 nitrogen and oxygen atoms in total. The molecule has 1 aliphatic heterocycles. The van der Waals surface area contributed by atoms with Crippen molar-refractivity contribution in [1.82, 2.24) is 14.9 Å². The molecule has 0 aliphatic carbocycles. The van der Waals surface area contributed by atoms with Gasteiger partial charge in [-0.05, 0) is 87.1 Å². The summed E-state index contributed by atoms with van der Waals surface area (Å²) >= 11 is 5.87. The van der Waals surface area contributed by atoms with E-state index in [2.05, 4.69) is 70.9 Å². The number of hydrogen-bond donors (Lipinski definition) is 1. The summed E-state index contributed by atoms with van der Waals surface area (Å²) in [5.41, 5.74) is 7.84. The van der Waals surface area contributed by atoms with Crippen LogP contribution in [-0.2, 0) is 4.74 Å². The number of methoxy groups -OCH3 is 1. The van der Waals surface area contributed by atoms with E-state index in [-0.39, 0.29) is 18.1 Å².